The Balaban J connectivity index is 1.94. The molecule has 1 fully saturated rings. The van der Waals surface area contributed by atoms with Crippen LogP contribution in [0, 0.1) is 0 Å². The van der Waals surface area contributed by atoms with E-state index in [-0.39, 0.29) is 22.6 Å². The Morgan fingerprint density at radius 1 is 0.839 bits per heavy atom. The molecule has 1 saturated heterocycles. The van der Waals surface area contributed by atoms with Crippen LogP contribution in [-0.2, 0) is 9.59 Å². The SMILES string of the molecule is O=C1C(=O)N(c2cccc(C(=O)O)c2)[C@@H](c2ccccc2)/C1=C(\O)c1ccc(Br)cc1. The number of ketones is 1. The van der Waals surface area contributed by atoms with E-state index in [4.69, 9.17) is 0 Å². The molecule has 3 aromatic rings. The van der Waals surface area contributed by atoms with E-state index in [0.29, 0.717) is 11.1 Å². The minimum absolute atomic E-state index is 0.0147. The van der Waals surface area contributed by atoms with Crippen molar-refractivity contribution in [3.05, 3.63) is 106 Å². The smallest absolute Gasteiger partial charge is 0.335 e. The van der Waals surface area contributed by atoms with Gasteiger partial charge in [0.15, 0.2) is 0 Å². The van der Waals surface area contributed by atoms with E-state index in [1.54, 1.807) is 60.7 Å². The number of Topliss-reactive ketones (excluding diaryl/α,β-unsaturated/α-hetero) is 1. The Morgan fingerprint density at radius 2 is 1.52 bits per heavy atom. The van der Waals surface area contributed by atoms with Crippen molar-refractivity contribution in [3.8, 4) is 0 Å². The maximum atomic E-state index is 13.0. The van der Waals surface area contributed by atoms with Gasteiger partial charge in [0, 0.05) is 15.7 Å². The molecule has 1 amide bonds. The minimum Gasteiger partial charge on any atom is -0.507 e. The van der Waals surface area contributed by atoms with Crippen LogP contribution in [-0.4, -0.2) is 27.9 Å². The molecule has 0 aromatic heterocycles. The highest BCUT2D eigenvalue weighted by Crippen LogP contribution is 2.42. The molecule has 1 atom stereocenters. The second kappa shape index (κ2) is 8.20. The number of carboxylic acids is 1. The lowest BCUT2D eigenvalue weighted by Crippen LogP contribution is -2.29. The second-order valence-corrected chi connectivity index (χ2v) is 7.86. The number of carbonyl (C=O) groups excluding carboxylic acids is 2. The fourth-order valence-electron chi connectivity index (χ4n) is 3.60. The molecule has 6 nitrogen and oxygen atoms in total. The van der Waals surface area contributed by atoms with E-state index in [9.17, 15) is 24.6 Å². The van der Waals surface area contributed by atoms with E-state index in [1.165, 1.54) is 23.1 Å². The number of nitrogens with zero attached hydrogens (tertiary/aromatic N) is 1. The molecule has 4 rings (SSSR count). The van der Waals surface area contributed by atoms with Gasteiger partial charge in [-0.15, -0.1) is 0 Å². The topological polar surface area (TPSA) is 94.9 Å². The summed E-state index contributed by atoms with van der Waals surface area (Å²) in [5.41, 5.74) is 1.19. The summed E-state index contributed by atoms with van der Waals surface area (Å²) in [7, 11) is 0. The number of anilines is 1. The molecule has 7 heteroatoms. The molecule has 1 heterocycles. The van der Waals surface area contributed by atoms with Crippen molar-refractivity contribution in [1.29, 1.82) is 0 Å². The number of amides is 1. The van der Waals surface area contributed by atoms with Crippen LogP contribution in [0.2, 0.25) is 0 Å². The van der Waals surface area contributed by atoms with Gasteiger partial charge in [0.1, 0.15) is 5.76 Å². The highest BCUT2D eigenvalue weighted by atomic mass is 79.9. The molecule has 0 radical (unpaired) electrons. The van der Waals surface area contributed by atoms with Gasteiger partial charge < -0.3 is 10.2 Å². The van der Waals surface area contributed by atoms with Crippen molar-refractivity contribution < 1.29 is 24.6 Å². The number of rotatable bonds is 4. The molecular formula is C24H16BrNO5. The van der Waals surface area contributed by atoms with Gasteiger partial charge in [0.05, 0.1) is 17.2 Å². The van der Waals surface area contributed by atoms with Crippen LogP contribution in [0.1, 0.15) is 27.5 Å². The highest BCUT2D eigenvalue weighted by molar-refractivity contribution is 9.10. The van der Waals surface area contributed by atoms with E-state index >= 15 is 0 Å². The third-order valence-corrected chi connectivity index (χ3v) is 5.58. The summed E-state index contributed by atoms with van der Waals surface area (Å²) in [5, 5.41) is 20.3. The largest absolute Gasteiger partial charge is 0.507 e. The first-order chi connectivity index (χ1) is 14.9. The Hall–Kier alpha value is -3.71. The Morgan fingerprint density at radius 3 is 2.16 bits per heavy atom. The number of carbonyl (C=O) groups is 3. The van der Waals surface area contributed by atoms with Crippen LogP contribution in [0.25, 0.3) is 5.76 Å². The van der Waals surface area contributed by atoms with Crippen molar-refractivity contribution in [2.75, 3.05) is 4.90 Å². The molecule has 0 unspecified atom stereocenters. The average molecular weight is 478 g/mol. The van der Waals surface area contributed by atoms with Gasteiger partial charge in [0.2, 0.25) is 0 Å². The molecule has 31 heavy (non-hydrogen) atoms. The van der Waals surface area contributed by atoms with E-state index in [2.05, 4.69) is 15.9 Å². The molecule has 0 spiro atoms. The summed E-state index contributed by atoms with van der Waals surface area (Å²) in [6.07, 6.45) is 0. The quantitative estimate of drug-likeness (QED) is 0.320. The van der Waals surface area contributed by atoms with Crippen LogP contribution in [0.5, 0.6) is 0 Å². The molecule has 0 saturated carbocycles. The molecule has 2 N–H and O–H groups in total. The Labute approximate surface area is 186 Å². The van der Waals surface area contributed by atoms with E-state index in [1.807, 2.05) is 0 Å². The average Bonchev–Trinajstić information content (AvgIpc) is 3.05. The first-order valence-corrected chi connectivity index (χ1v) is 10.1. The van der Waals surface area contributed by atoms with Crippen LogP contribution in [0.3, 0.4) is 0 Å². The molecule has 0 bridgehead atoms. The summed E-state index contributed by atoms with van der Waals surface area (Å²) >= 11 is 3.33. The summed E-state index contributed by atoms with van der Waals surface area (Å²) in [5.74, 6) is -3.12. The third-order valence-electron chi connectivity index (χ3n) is 5.05. The van der Waals surface area contributed by atoms with Crippen molar-refractivity contribution in [2.24, 2.45) is 0 Å². The summed E-state index contributed by atoms with van der Waals surface area (Å²) < 4.78 is 0.801. The number of carboxylic acid groups (broad SMARTS) is 1. The summed E-state index contributed by atoms with van der Waals surface area (Å²) in [6, 6.07) is 20.5. The number of halogens is 1. The maximum absolute atomic E-state index is 13.0. The molecule has 3 aromatic carbocycles. The highest BCUT2D eigenvalue weighted by Gasteiger charge is 2.47. The molecule has 154 valence electrons. The van der Waals surface area contributed by atoms with Gasteiger partial charge in [0.25, 0.3) is 11.7 Å². The van der Waals surface area contributed by atoms with Gasteiger partial charge in [-0.25, -0.2) is 4.79 Å². The monoisotopic (exact) mass is 477 g/mol. The summed E-state index contributed by atoms with van der Waals surface area (Å²) in [6.45, 7) is 0. The standard InChI is InChI=1S/C24H16BrNO5/c25-17-11-9-15(10-12-17)21(27)19-20(14-5-2-1-3-6-14)26(23(29)22(19)28)18-8-4-7-16(13-18)24(30)31/h1-13,20,27H,(H,30,31)/b21-19+/t20-/m0/s1. The van der Waals surface area contributed by atoms with Crippen LogP contribution in [0.4, 0.5) is 5.69 Å². The summed E-state index contributed by atoms with van der Waals surface area (Å²) in [4.78, 5) is 38.7. The normalized spacial score (nSPS) is 17.7. The fraction of sp³-hybridized carbons (Fsp3) is 0.0417. The Kier molecular flexibility index (Phi) is 5.44. The first kappa shape index (κ1) is 20.6. The van der Waals surface area contributed by atoms with Gasteiger partial charge in [-0.1, -0.05) is 64.5 Å². The van der Waals surface area contributed by atoms with Crippen molar-refractivity contribution in [1.82, 2.24) is 0 Å². The van der Waals surface area contributed by atoms with Gasteiger partial charge in [-0.2, -0.15) is 0 Å². The van der Waals surface area contributed by atoms with Crippen molar-refractivity contribution >= 4 is 45.0 Å². The van der Waals surface area contributed by atoms with Crippen LogP contribution < -0.4 is 4.90 Å². The predicted molar refractivity (Wildman–Crippen MR) is 119 cm³/mol. The maximum Gasteiger partial charge on any atom is 0.335 e. The second-order valence-electron chi connectivity index (χ2n) is 6.94. The van der Waals surface area contributed by atoms with Crippen LogP contribution in [0.15, 0.2) is 88.9 Å². The van der Waals surface area contributed by atoms with Crippen molar-refractivity contribution in [3.63, 3.8) is 0 Å². The van der Waals surface area contributed by atoms with Gasteiger partial charge in [-0.3, -0.25) is 14.5 Å². The van der Waals surface area contributed by atoms with Crippen LogP contribution >= 0.6 is 15.9 Å². The fourth-order valence-corrected chi connectivity index (χ4v) is 3.87. The van der Waals surface area contributed by atoms with Crippen molar-refractivity contribution in [2.45, 2.75) is 6.04 Å². The molecular weight excluding hydrogens is 462 g/mol. The van der Waals surface area contributed by atoms with E-state index < -0.39 is 23.7 Å². The van der Waals surface area contributed by atoms with Gasteiger partial charge >= 0.3 is 5.97 Å². The zero-order chi connectivity index (χ0) is 22.1. The molecule has 1 aliphatic rings. The zero-order valence-corrected chi connectivity index (χ0v) is 17.6. The molecule has 0 aliphatic carbocycles. The lowest BCUT2D eigenvalue weighted by molar-refractivity contribution is -0.132. The number of hydrogen-bond acceptors (Lipinski definition) is 4. The third kappa shape index (κ3) is 3.75. The zero-order valence-electron chi connectivity index (χ0n) is 16.0. The van der Waals surface area contributed by atoms with E-state index in [0.717, 1.165) is 4.47 Å². The predicted octanol–water partition coefficient (Wildman–Crippen LogP) is 4.77. The number of benzene rings is 3. The number of hydrogen-bond donors (Lipinski definition) is 2. The first-order valence-electron chi connectivity index (χ1n) is 9.33. The number of aliphatic hydroxyl groups is 1. The number of aliphatic hydroxyl groups excluding tert-OH is 1. The lowest BCUT2D eigenvalue weighted by atomic mass is 9.95. The Bertz CT molecular complexity index is 1220. The lowest BCUT2D eigenvalue weighted by Gasteiger charge is -2.25. The van der Waals surface area contributed by atoms with Gasteiger partial charge in [-0.05, 0) is 35.9 Å². The number of aromatic carboxylic acids is 1. The minimum atomic E-state index is -1.15. The molecule has 1 aliphatic heterocycles.